The Bertz CT molecular complexity index is 651. The average molecular weight is 297 g/mol. The number of hydrogen-bond donors (Lipinski definition) is 1. The number of aromatic nitrogens is 1. The Balaban J connectivity index is 1.96. The molecule has 0 aliphatic carbocycles. The smallest absolute Gasteiger partial charge is 0.167 e. The van der Waals surface area contributed by atoms with Crippen LogP contribution in [0.5, 0.6) is 5.75 Å². The summed E-state index contributed by atoms with van der Waals surface area (Å²) in [5, 5.41) is 0. The van der Waals surface area contributed by atoms with Gasteiger partial charge in [0.15, 0.2) is 5.75 Å². The predicted molar refractivity (Wildman–Crippen MR) is 89.9 cm³/mol. The summed E-state index contributed by atoms with van der Waals surface area (Å²) >= 11 is 0. The van der Waals surface area contributed by atoms with E-state index in [2.05, 4.69) is 41.1 Å². The van der Waals surface area contributed by atoms with Crippen molar-refractivity contribution < 1.29 is 4.74 Å². The summed E-state index contributed by atoms with van der Waals surface area (Å²) in [6.45, 7) is 4.64. The summed E-state index contributed by atoms with van der Waals surface area (Å²) in [5.41, 5.74) is 9.77. The van der Waals surface area contributed by atoms with Gasteiger partial charge in [0.1, 0.15) is 5.69 Å². The Labute approximate surface area is 131 Å². The van der Waals surface area contributed by atoms with Gasteiger partial charge >= 0.3 is 0 Å². The minimum Gasteiger partial charge on any atom is -0.492 e. The van der Waals surface area contributed by atoms with Crippen molar-refractivity contribution in [3.8, 4) is 17.0 Å². The molecule has 0 bridgehead atoms. The van der Waals surface area contributed by atoms with Crippen molar-refractivity contribution in [2.75, 3.05) is 25.9 Å². The van der Waals surface area contributed by atoms with Gasteiger partial charge in [0, 0.05) is 17.8 Å². The fourth-order valence-corrected chi connectivity index (χ4v) is 3.17. The monoisotopic (exact) mass is 297 g/mol. The number of methoxy groups -OCH3 is 1. The minimum atomic E-state index is 0.425. The van der Waals surface area contributed by atoms with Crippen molar-refractivity contribution in [3.63, 3.8) is 0 Å². The number of pyridine rings is 1. The molecule has 2 aromatic rings. The molecule has 2 heterocycles. The van der Waals surface area contributed by atoms with Gasteiger partial charge in [-0.25, -0.2) is 0 Å². The Morgan fingerprint density at radius 2 is 2.00 bits per heavy atom. The lowest BCUT2D eigenvalue weighted by Gasteiger charge is -2.24. The van der Waals surface area contributed by atoms with Gasteiger partial charge in [0.2, 0.25) is 0 Å². The molecule has 0 amide bonds. The van der Waals surface area contributed by atoms with Crippen LogP contribution in [0.2, 0.25) is 0 Å². The molecular formula is C18H23N3O. The van der Waals surface area contributed by atoms with Gasteiger partial charge in [-0.15, -0.1) is 0 Å². The number of benzene rings is 1. The van der Waals surface area contributed by atoms with E-state index in [4.69, 9.17) is 10.5 Å². The molecule has 1 aromatic heterocycles. The molecule has 0 radical (unpaired) electrons. The molecule has 3 rings (SSSR count). The van der Waals surface area contributed by atoms with E-state index in [9.17, 15) is 0 Å². The highest BCUT2D eigenvalue weighted by Crippen LogP contribution is 2.34. The van der Waals surface area contributed by atoms with Crippen LogP contribution >= 0.6 is 0 Å². The van der Waals surface area contributed by atoms with Crippen molar-refractivity contribution in [1.82, 2.24) is 9.88 Å². The second kappa shape index (κ2) is 6.36. The second-order valence-electron chi connectivity index (χ2n) is 5.83. The van der Waals surface area contributed by atoms with Crippen LogP contribution in [0.25, 0.3) is 11.3 Å². The molecule has 22 heavy (non-hydrogen) atoms. The summed E-state index contributed by atoms with van der Waals surface area (Å²) in [5.74, 6) is 0.647. The van der Waals surface area contributed by atoms with Gasteiger partial charge in [-0.1, -0.05) is 18.2 Å². The minimum absolute atomic E-state index is 0.425. The first-order valence-electron chi connectivity index (χ1n) is 7.83. The highest BCUT2D eigenvalue weighted by molar-refractivity contribution is 5.73. The Kier molecular flexibility index (Phi) is 4.29. The largest absolute Gasteiger partial charge is 0.492 e. The van der Waals surface area contributed by atoms with Gasteiger partial charge in [-0.2, -0.15) is 0 Å². The Morgan fingerprint density at radius 1 is 1.23 bits per heavy atom. The molecule has 4 nitrogen and oxygen atoms in total. The standard InChI is InChI=1S/C18H23N3O/c1-13(21-10-3-4-11-21)14-6-5-7-15(12-14)17-18(22-2)16(19)8-9-20-17/h5-9,12-13H,3-4,10-11H2,1-2H3,(H2,19,20)/t13-/m1/s1. The maximum absolute atomic E-state index is 5.99. The van der Waals surface area contributed by atoms with Crippen LogP contribution in [-0.4, -0.2) is 30.1 Å². The number of ether oxygens (including phenoxy) is 1. The highest BCUT2D eigenvalue weighted by atomic mass is 16.5. The van der Waals surface area contributed by atoms with E-state index in [0.29, 0.717) is 17.5 Å². The van der Waals surface area contributed by atoms with E-state index in [1.54, 1.807) is 19.4 Å². The average Bonchev–Trinajstić information content (AvgIpc) is 3.08. The fraction of sp³-hybridized carbons (Fsp3) is 0.389. The topological polar surface area (TPSA) is 51.4 Å². The number of anilines is 1. The number of likely N-dealkylation sites (tertiary alicyclic amines) is 1. The van der Waals surface area contributed by atoms with Crippen molar-refractivity contribution in [2.45, 2.75) is 25.8 Å². The number of hydrogen-bond acceptors (Lipinski definition) is 4. The summed E-state index contributed by atoms with van der Waals surface area (Å²) in [6.07, 6.45) is 4.33. The lowest BCUT2D eigenvalue weighted by molar-refractivity contribution is 0.263. The van der Waals surface area contributed by atoms with Crippen molar-refractivity contribution >= 4 is 5.69 Å². The molecule has 1 saturated heterocycles. The van der Waals surface area contributed by atoms with Gasteiger partial charge in [-0.05, 0) is 50.6 Å². The van der Waals surface area contributed by atoms with Gasteiger partial charge in [-0.3, -0.25) is 9.88 Å². The maximum Gasteiger partial charge on any atom is 0.167 e. The fourth-order valence-electron chi connectivity index (χ4n) is 3.17. The van der Waals surface area contributed by atoms with Crippen LogP contribution in [0, 0.1) is 0 Å². The van der Waals surface area contributed by atoms with Gasteiger partial charge < -0.3 is 10.5 Å². The zero-order valence-corrected chi connectivity index (χ0v) is 13.2. The molecular weight excluding hydrogens is 274 g/mol. The number of nitrogen functional groups attached to an aromatic ring is 1. The molecule has 4 heteroatoms. The zero-order chi connectivity index (χ0) is 15.5. The zero-order valence-electron chi connectivity index (χ0n) is 13.2. The summed E-state index contributed by atoms with van der Waals surface area (Å²) in [4.78, 5) is 6.99. The van der Waals surface area contributed by atoms with Crippen LogP contribution in [-0.2, 0) is 0 Å². The molecule has 1 fully saturated rings. The quantitative estimate of drug-likeness (QED) is 0.938. The Hall–Kier alpha value is -2.07. The van der Waals surface area contributed by atoms with Gasteiger partial charge in [0.25, 0.3) is 0 Å². The summed E-state index contributed by atoms with van der Waals surface area (Å²) in [7, 11) is 1.63. The normalized spacial score (nSPS) is 16.6. The van der Waals surface area contributed by atoms with E-state index in [-0.39, 0.29) is 0 Å². The second-order valence-corrected chi connectivity index (χ2v) is 5.83. The third-order valence-corrected chi connectivity index (χ3v) is 4.47. The van der Waals surface area contributed by atoms with Crippen LogP contribution in [0.3, 0.4) is 0 Å². The summed E-state index contributed by atoms with van der Waals surface area (Å²) in [6, 6.07) is 10.7. The van der Waals surface area contributed by atoms with E-state index in [0.717, 1.165) is 11.3 Å². The first-order valence-corrected chi connectivity index (χ1v) is 7.83. The predicted octanol–water partition coefficient (Wildman–Crippen LogP) is 3.50. The molecule has 0 saturated carbocycles. The Morgan fingerprint density at radius 3 is 2.73 bits per heavy atom. The van der Waals surface area contributed by atoms with Crippen molar-refractivity contribution in [1.29, 1.82) is 0 Å². The van der Waals surface area contributed by atoms with Crippen LogP contribution < -0.4 is 10.5 Å². The third-order valence-electron chi connectivity index (χ3n) is 4.47. The van der Waals surface area contributed by atoms with Crippen LogP contribution in [0.15, 0.2) is 36.5 Å². The SMILES string of the molecule is COc1c(N)ccnc1-c1cccc([C@@H](C)N2CCCC2)c1. The molecule has 1 aliphatic rings. The van der Waals surface area contributed by atoms with Crippen LogP contribution in [0.1, 0.15) is 31.4 Å². The lowest BCUT2D eigenvalue weighted by Crippen LogP contribution is -2.23. The third kappa shape index (κ3) is 2.79. The maximum atomic E-state index is 5.99. The number of nitrogens with two attached hydrogens (primary N) is 1. The van der Waals surface area contributed by atoms with Crippen molar-refractivity contribution in [3.05, 3.63) is 42.1 Å². The molecule has 116 valence electrons. The molecule has 1 aliphatic heterocycles. The van der Waals surface area contributed by atoms with Crippen LogP contribution in [0.4, 0.5) is 5.69 Å². The molecule has 0 spiro atoms. The van der Waals surface area contributed by atoms with E-state index in [1.165, 1.54) is 31.5 Å². The molecule has 0 unspecified atom stereocenters. The molecule has 2 N–H and O–H groups in total. The van der Waals surface area contributed by atoms with Crippen molar-refractivity contribution in [2.24, 2.45) is 0 Å². The first-order chi connectivity index (χ1) is 10.7. The van der Waals surface area contributed by atoms with E-state index < -0.39 is 0 Å². The van der Waals surface area contributed by atoms with E-state index >= 15 is 0 Å². The summed E-state index contributed by atoms with van der Waals surface area (Å²) < 4.78 is 5.43. The van der Waals surface area contributed by atoms with E-state index in [1.807, 2.05) is 0 Å². The highest BCUT2D eigenvalue weighted by Gasteiger charge is 2.20. The first kappa shape index (κ1) is 14.9. The molecule has 1 atom stereocenters. The lowest BCUT2D eigenvalue weighted by atomic mass is 10.0. The molecule has 1 aromatic carbocycles. The number of nitrogens with zero attached hydrogens (tertiary/aromatic N) is 2. The van der Waals surface area contributed by atoms with Gasteiger partial charge in [0.05, 0.1) is 12.8 Å². The number of rotatable bonds is 4.